The molecule has 2 unspecified atom stereocenters. The summed E-state index contributed by atoms with van der Waals surface area (Å²) in [5.74, 6) is -7.84. The summed E-state index contributed by atoms with van der Waals surface area (Å²) in [4.78, 5) is 47.5. The zero-order valence-corrected chi connectivity index (χ0v) is 14.4. The van der Waals surface area contributed by atoms with Gasteiger partial charge in [-0.05, 0) is 12.1 Å². The molecule has 0 radical (unpaired) electrons. The van der Waals surface area contributed by atoms with E-state index in [2.05, 4.69) is 0 Å². The third-order valence-electron chi connectivity index (χ3n) is 4.57. The lowest BCUT2D eigenvalue weighted by Gasteiger charge is -2.40. The molecular weight excluding hydrogens is 379 g/mol. The number of hydrogen-bond acceptors (Lipinski definition) is 5. The Kier molecular flexibility index (Phi) is 4.97. The van der Waals surface area contributed by atoms with Crippen molar-refractivity contribution in [2.75, 3.05) is 0 Å². The molecule has 0 aliphatic heterocycles. The second-order valence-electron chi connectivity index (χ2n) is 6.57. The number of nitrogens with zero attached hydrogens (tertiary/aromatic N) is 1. The molecule has 0 amide bonds. The molecule has 2 rings (SSSR count). The van der Waals surface area contributed by atoms with Crippen molar-refractivity contribution in [2.45, 2.75) is 26.4 Å². The van der Waals surface area contributed by atoms with Gasteiger partial charge in [0.15, 0.2) is 17.3 Å². The largest absolute Gasteiger partial charge is 0.393 e. The van der Waals surface area contributed by atoms with Crippen LogP contribution in [0.2, 0.25) is 5.02 Å². The van der Waals surface area contributed by atoms with Crippen molar-refractivity contribution in [2.24, 2.45) is 17.3 Å². The number of hydrogen-bond donors (Lipinski definition) is 0. The molecule has 6 nitrogen and oxygen atoms in total. The highest BCUT2D eigenvalue weighted by Gasteiger charge is 2.60. The molecule has 1 aromatic carbocycles. The van der Waals surface area contributed by atoms with Gasteiger partial charge in [0, 0.05) is 22.9 Å². The molecule has 10 heteroatoms. The number of benzene rings is 1. The second-order valence-corrected chi connectivity index (χ2v) is 7.00. The summed E-state index contributed by atoms with van der Waals surface area (Å²) < 4.78 is 39.5. The number of alkyl halides is 3. The lowest BCUT2D eigenvalue weighted by molar-refractivity contribution is -0.385. The normalized spacial score (nSPS) is 23.0. The molecule has 0 saturated heterocycles. The monoisotopic (exact) mass is 391 g/mol. The van der Waals surface area contributed by atoms with Crippen LogP contribution in [-0.2, 0) is 9.59 Å². The van der Waals surface area contributed by atoms with Gasteiger partial charge in [-0.2, -0.15) is 13.2 Å². The van der Waals surface area contributed by atoms with Crippen LogP contribution in [0, 0.1) is 27.4 Å². The molecule has 0 N–H and O–H groups in total. The number of carbonyl (C=O) groups is 3. The summed E-state index contributed by atoms with van der Waals surface area (Å²) in [6, 6.07) is 3.01. The van der Waals surface area contributed by atoms with E-state index in [1.165, 1.54) is 0 Å². The van der Waals surface area contributed by atoms with Crippen molar-refractivity contribution < 1.29 is 32.5 Å². The van der Waals surface area contributed by atoms with E-state index in [0.717, 1.165) is 32.0 Å². The van der Waals surface area contributed by atoms with Crippen LogP contribution >= 0.6 is 11.6 Å². The Morgan fingerprint density at radius 2 is 1.88 bits per heavy atom. The lowest BCUT2D eigenvalue weighted by atomic mass is 9.62. The Labute approximate surface area is 150 Å². The minimum absolute atomic E-state index is 0.0491. The van der Waals surface area contributed by atoms with E-state index in [1.54, 1.807) is 0 Å². The smallest absolute Gasteiger partial charge is 0.298 e. The van der Waals surface area contributed by atoms with Gasteiger partial charge >= 0.3 is 6.18 Å². The van der Waals surface area contributed by atoms with E-state index >= 15 is 0 Å². The van der Waals surface area contributed by atoms with Crippen molar-refractivity contribution >= 4 is 34.6 Å². The Morgan fingerprint density at radius 3 is 2.38 bits per heavy atom. The van der Waals surface area contributed by atoms with Crippen molar-refractivity contribution in [1.82, 2.24) is 0 Å². The van der Waals surface area contributed by atoms with Crippen molar-refractivity contribution in [3.63, 3.8) is 0 Å². The van der Waals surface area contributed by atoms with Gasteiger partial charge < -0.3 is 0 Å². The first-order valence-corrected chi connectivity index (χ1v) is 7.78. The molecular formula is C16H13ClF3NO5. The van der Waals surface area contributed by atoms with Crippen LogP contribution in [0.3, 0.4) is 0 Å². The van der Waals surface area contributed by atoms with Crippen LogP contribution in [0.25, 0.3) is 0 Å². The van der Waals surface area contributed by atoms with Gasteiger partial charge in [-0.25, -0.2) is 0 Å². The summed E-state index contributed by atoms with van der Waals surface area (Å²) in [6.07, 6.45) is -5.84. The van der Waals surface area contributed by atoms with Crippen molar-refractivity contribution in [3.05, 3.63) is 38.9 Å². The number of Topliss-reactive ketones (excluding diaryl/α,β-unsaturated/α-hetero) is 3. The van der Waals surface area contributed by atoms with Gasteiger partial charge in [0.1, 0.15) is 5.92 Å². The minimum atomic E-state index is -4.80. The number of carbonyl (C=O) groups excluding carboxylic acids is 3. The summed E-state index contributed by atoms with van der Waals surface area (Å²) >= 11 is 5.65. The molecule has 0 bridgehead atoms. The zero-order chi connectivity index (χ0) is 20.0. The predicted molar refractivity (Wildman–Crippen MR) is 83.9 cm³/mol. The first kappa shape index (κ1) is 20.0. The van der Waals surface area contributed by atoms with Gasteiger partial charge in [0.05, 0.1) is 16.4 Å². The maximum atomic E-state index is 13.2. The Bertz CT molecular complexity index is 819. The first-order valence-electron chi connectivity index (χ1n) is 7.40. The number of rotatable bonds is 3. The van der Waals surface area contributed by atoms with E-state index in [1.807, 2.05) is 0 Å². The topological polar surface area (TPSA) is 94.3 Å². The summed E-state index contributed by atoms with van der Waals surface area (Å²) in [6.45, 7) is 2.02. The highest BCUT2D eigenvalue weighted by Crippen LogP contribution is 2.48. The van der Waals surface area contributed by atoms with Crippen LogP contribution in [-0.4, -0.2) is 28.4 Å². The van der Waals surface area contributed by atoms with Crippen molar-refractivity contribution in [3.8, 4) is 0 Å². The quantitative estimate of drug-likeness (QED) is 0.338. The maximum absolute atomic E-state index is 13.2. The molecule has 0 heterocycles. The van der Waals surface area contributed by atoms with Gasteiger partial charge in [-0.1, -0.05) is 25.4 Å². The summed E-state index contributed by atoms with van der Waals surface area (Å²) in [5.41, 5.74) is -3.29. The zero-order valence-electron chi connectivity index (χ0n) is 13.6. The van der Waals surface area contributed by atoms with Crippen LogP contribution in [0.4, 0.5) is 18.9 Å². The molecule has 0 aromatic heterocycles. The third-order valence-corrected chi connectivity index (χ3v) is 4.81. The molecule has 1 aromatic rings. The predicted octanol–water partition coefficient (Wildman–Crippen LogP) is 3.79. The van der Waals surface area contributed by atoms with E-state index in [-0.39, 0.29) is 5.02 Å². The van der Waals surface area contributed by atoms with E-state index in [0.29, 0.717) is 0 Å². The molecule has 1 saturated carbocycles. The highest BCUT2D eigenvalue weighted by atomic mass is 35.5. The van der Waals surface area contributed by atoms with Crippen molar-refractivity contribution in [1.29, 1.82) is 0 Å². The number of nitro groups is 1. The maximum Gasteiger partial charge on any atom is 0.393 e. The third kappa shape index (κ3) is 3.35. The van der Waals surface area contributed by atoms with Crippen LogP contribution in [0.5, 0.6) is 0 Å². The first-order chi connectivity index (χ1) is 11.8. The Balaban J connectivity index is 2.50. The van der Waals surface area contributed by atoms with Gasteiger partial charge in [-0.3, -0.25) is 24.5 Å². The molecule has 1 aliphatic carbocycles. The highest BCUT2D eigenvalue weighted by molar-refractivity contribution is 6.31. The number of halogens is 4. The molecule has 26 heavy (non-hydrogen) atoms. The molecule has 1 aliphatic rings. The van der Waals surface area contributed by atoms with Gasteiger partial charge in [0.25, 0.3) is 5.69 Å². The Morgan fingerprint density at radius 1 is 1.31 bits per heavy atom. The van der Waals surface area contributed by atoms with Gasteiger partial charge in [-0.15, -0.1) is 0 Å². The average molecular weight is 392 g/mol. The molecule has 0 spiro atoms. The lowest BCUT2D eigenvalue weighted by Crippen LogP contribution is -2.54. The fraction of sp³-hybridized carbons (Fsp3) is 0.438. The summed E-state index contributed by atoms with van der Waals surface area (Å²) in [7, 11) is 0. The van der Waals surface area contributed by atoms with Crippen LogP contribution < -0.4 is 0 Å². The standard InChI is InChI=1S/C16H13ClF3NO5/c1-15(2)11(16(18,19)20)6-10(22)12(14(15)24)13(23)8-4-3-7(17)5-9(8)21(25)26/h3-5,11-12H,6H2,1-2H3. The Hall–Kier alpha value is -2.29. The second kappa shape index (κ2) is 6.46. The molecule has 1 fully saturated rings. The van der Waals surface area contributed by atoms with E-state index in [9.17, 15) is 37.7 Å². The van der Waals surface area contributed by atoms with Crippen LogP contribution in [0.1, 0.15) is 30.6 Å². The van der Waals surface area contributed by atoms with Crippen LogP contribution in [0.15, 0.2) is 18.2 Å². The molecule has 140 valence electrons. The SMILES string of the molecule is CC1(C)C(=O)C(C(=O)c2ccc(Cl)cc2[N+](=O)[O-])C(=O)CC1C(F)(F)F. The average Bonchev–Trinajstić information content (AvgIpc) is 2.49. The fourth-order valence-electron chi connectivity index (χ4n) is 3.07. The van der Waals surface area contributed by atoms with E-state index in [4.69, 9.17) is 11.6 Å². The van der Waals surface area contributed by atoms with E-state index < -0.39 is 63.4 Å². The molecule has 2 atom stereocenters. The number of ketones is 3. The minimum Gasteiger partial charge on any atom is -0.298 e. The van der Waals surface area contributed by atoms with Gasteiger partial charge in [0.2, 0.25) is 0 Å². The fourth-order valence-corrected chi connectivity index (χ4v) is 3.24. The number of nitro benzene ring substituents is 1. The summed E-state index contributed by atoms with van der Waals surface area (Å²) in [5, 5.41) is 11.1.